The van der Waals surface area contributed by atoms with Gasteiger partial charge in [-0.3, -0.25) is 4.79 Å². The molecular formula is C20H23NO5. The van der Waals surface area contributed by atoms with Crippen molar-refractivity contribution in [3.63, 3.8) is 0 Å². The Morgan fingerprint density at radius 3 is 2.50 bits per heavy atom. The van der Waals surface area contributed by atoms with E-state index in [2.05, 4.69) is 0 Å². The van der Waals surface area contributed by atoms with Gasteiger partial charge in [0.15, 0.2) is 5.76 Å². The maximum Gasteiger partial charge on any atom is 0.339 e. The van der Waals surface area contributed by atoms with Crippen LogP contribution in [-0.2, 0) is 17.8 Å². The van der Waals surface area contributed by atoms with Gasteiger partial charge in [-0.25, -0.2) is 4.79 Å². The van der Waals surface area contributed by atoms with Crippen molar-refractivity contribution in [2.75, 3.05) is 13.1 Å². The largest absolute Gasteiger partial charge is 0.478 e. The van der Waals surface area contributed by atoms with E-state index in [0.29, 0.717) is 31.9 Å². The van der Waals surface area contributed by atoms with E-state index in [1.165, 1.54) is 6.07 Å². The van der Waals surface area contributed by atoms with Crippen LogP contribution < -0.4 is 0 Å². The highest BCUT2D eigenvalue weighted by molar-refractivity contribution is 5.96. The molecule has 26 heavy (non-hydrogen) atoms. The van der Waals surface area contributed by atoms with Gasteiger partial charge in [-0.05, 0) is 18.4 Å². The Labute approximate surface area is 152 Å². The molecule has 3 rings (SSSR count). The fourth-order valence-electron chi connectivity index (χ4n) is 3.15. The lowest BCUT2D eigenvalue weighted by molar-refractivity contribution is -0.00107. The number of hydrogen-bond acceptors (Lipinski definition) is 4. The van der Waals surface area contributed by atoms with E-state index >= 15 is 0 Å². The molecule has 1 amide bonds. The second-order valence-corrected chi connectivity index (χ2v) is 6.39. The highest BCUT2D eigenvalue weighted by Gasteiger charge is 2.28. The number of amides is 1. The number of furan rings is 1. The van der Waals surface area contributed by atoms with E-state index in [4.69, 9.17) is 9.15 Å². The number of aromatic carboxylic acids is 1. The summed E-state index contributed by atoms with van der Waals surface area (Å²) in [6.45, 7) is 3.51. The molecule has 1 aliphatic rings. The van der Waals surface area contributed by atoms with E-state index in [1.807, 2.05) is 30.3 Å². The summed E-state index contributed by atoms with van der Waals surface area (Å²) >= 11 is 0. The first-order valence-corrected chi connectivity index (χ1v) is 8.89. The summed E-state index contributed by atoms with van der Waals surface area (Å²) in [5.41, 5.74) is 1.20. The molecular weight excluding hydrogens is 334 g/mol. The number of ether oxygens (including phenoxy) is 1. The number of carboxylic acid groups (broad SMARTS) is 1. The van der Waals surface area contributed by atoms with Gasteiger partial charge in [0, 0.05) is 25.6 Å². The average molecular weight is 357 g/mol. The van der Waals surface area contributed by atoms with Crippen LogP contribution in [0.1, 0.15) is 52.0 Å². The van der Waals surface area contributed by atoms with E-state index < -0.39 is 5.97 Å². The normalized spacial score (nSPS) is 15.2. The van der Waals surface area contributed by atoms with E-state index in [0.717, 1.165) is 18.4 Å². The number of carbonyl (C=O) groups excluding carboxylic acids is 1. The van der Waals surface area contributed by atoms with Crippen LogP contribution in [0.2, 0.25) is 0 Å². The molecule has 0 saturated carbocycles. The van der Waals surface area contributed by atoms with Gasteiger partial charge in [-0.15, -0.1) is 0 Å². The van der Waals surface area contributed by atoms with Gasteiger partial charge in [0.25, 0.3) is 5.91 Å². The van der Waals surface area contributed by atoms with Crippen molar-refractivity contribution in [1.29, 1.82) is 0 Å². The summed E-state index contributed by atoms with van der Waals surface area (Å²) in [4.78, 5) is 25.5. The molecule has 1 N–H and O–H groups in total. The predicted octanol–water partition coefficient (Wildman–Crippen LogP) is 3.36. The Morgan fingerprint density at radius 2 is 1.92 bits per heavy atom. The Balaban J connectivity index is 1.54. The van der Waals surface area contributed by atoms with Crippen molar-refractivity contribution in [2.45, 2.75) is 38.9 Å². The van der Waals surface area contributed by atoms with Gasteiger partial charge in [0.1, 0.15) is 11.3 Å². The summed E-state index contributed by atoms with van der Waals surface area (Å²) in [6.07, 6.45) is 2.07. The molecule has 0 spiro atoms. The molecule has 1 aromatic heterocycles. The van der Waals surface area contributed by atoms with Gasteiger partial charge in [0.2, 0.25) is 0 Å². The Kier molecular flexibility index (Phi) is 5.73. The van der Waals surface area contributed by atoms with Crippen LogP contribution in [0.5, 0.6) is 0 Å². The number of hydrogen-bond donors (Lipinski definition) is 1. The van der Waals surface area contributed by atoms with Gasteiger partial charge in [0.05, 0.1) is 12.7 Å². The van der Waals surface area contributed by atoms with Crippen LogP contribution in [0, 0.1) is 0 Å². The fourth-order valence-corrected chi connectivity index (χ4v) is 3.15. The van der Waals surface area contributed by atoms with E-state index in [1.54, 1.807) is 11.8 Å². The minimum atomic E-state index is -1.07. The van der Waals surface area contributed by atoms with Crippen molar-refractivity contribution >= 4 is 11.9 Å². The van der Waals surface area contributed by atoms with Gasteiger partial charge < -0.3 is 19.2 Å². The third-order valence-electron chi connectivity index (χ3n) is 4.63. The SMILES string of the molecule is CCc1oc(C(=O)N2CCC(OCc3ccccc3)CC2)cc1C(=O)O. The topological polar surface area (TPSA) is 80.0 Å². The molecule has 138 valence electrons. The molecule has 1 fully saturated rings. The van der Waals surface area contributed by atoms with Gasteiger partial charge in [-0.1, -0.05) is 37.3 Å². The maximum atomic E-state index is 12.6. The zero-order valence-electron chi connectivity index (χ0n) is 14.8. The summed E-state index contributed by atoms with van der Waals surface area (Å²) < 4.78 is 11.4. The second kappa shape index (κ2) is 8.19. The molecule has 2 aromatic rings. The minimum Gasteiger partial charge on any atom is -0.478 e. The third-order valence-corrected chi connectivity index (χ3v) is 4.63. The molecule has 2 heterocycles. The third kappa shape index (κ3) is 4.14. The van der Waals surface area contributed by atoms with Crippen LogP contribution >= 0.6 is 0 Å². The zero-order chi connectivity index (χ0) is 18.5. The number of nitrogens with zero attached hydrogens (tertiary/aromatic N) is 1. The van der Waals surface area contributed by atoms with Crippen molar-refractivity contribution in [2.24, 2.45) is 0 Å². The van der Waals surface area contributed by atoms with Gasteiger partial charge >= 0.3 is 5.97 Å². The quantitative estimate of drug-likeness (QED) is 0.857. The summed E-state index contributed by atoms with van der Waals surface area (Å²) in [7, 11) is 0. The standard InChI is InChI=1S/C20H23NO5/c1-2-17-16(20(23)24)12-18(26-17)19(22)21-10-8-15(9-11-21)25-13-14-6-4-3-5-7-14/h3-7,12,15H,2,8-11,13H2,1H3,(H,23,24). The van der Waals surface area contributed by atoms with Crippen LogP contribution in [0.4, 0.5) is 0 Å². The number of likely N-dealkylation sites (tertiary alicyclic amines) is 1. The Morgan fingerprint density at radius 1 is 1.23 bits per heavy atom. The van der Waals surface area contributed by atoms with E-state index in [9.17, 15) is 14.7 Å². The first-order valence-electron chi connectivity index (χ1n) is 8.89. The van der Waals surface area contributed by atoms with Crippen LogP contribution in [-0.4, -0.2) is 41.1 Å². The van der Waals surface area contributed by atoms with Crippen molar-refractivity contribution in [3.05, 3.63) is 59.0 Å². The lowest BCUT2D eigenvalue weighted by Gasteiger charge is -2.31. The van der Waals surface area contributed by atoms with Gasteiger partial charge in [-0.2, -0.15) is 0 Å². The number of benzene rings is 1. The van der Waals surface area contributed by atoms with Crippen molar-refractivity contribution in [1.82, 2.24) is 4.90 Å². The molecule has 6 heteroatoms. The molecule has 1 saturated heterocycles. The zero-order valence-corrected chi connectivity index (χ0v) is 14.8. The highest BCUT2D eigenvalue weighted by Crippen LogP contribution is 2.21. The maximum absolute atomic E-state index is 12.6. The smallest absolute Gasteiger partial charge is 0.339 e. The number of rotatable bonds is 6. The average Bonchev–Trinajstić information content (AvgIpc) is 3.12. The molecule has 0 unspecified atom stereocenters. The summed E-state index contributed by atoms with van der Waals surface area (Å²) in [5, 5.41) is 9.19. The fraction of sp³-hybridized carbons (Fsp3) is 0.400. The molecule has 0 aliphatic carbocycles. The molecule has 0 radical (unpaired) electrons. The highest BCUT2D eigenvalue weighted by atomic mass is 16.5. The lowest BCUT2D eigenvalue weighted by atomic mass is 10.1. The second-order valence-electron chi connectivity index (χ2n) is 6.39. The lowest BCUT2D eigenvalue weighted by Crippen LogP contribution is -2.40. The molecule has 1 aliphatic heterocycles. The molecule has 6 nitrogen and oxygen atoms in total. The molecule has 0 bridgehead atoms. The Hall–Kier alpha value is -2.60. The Bertz CT molecular complexity index is 760. The summed E-state index contributed by atoms with van der Waals surface area (Å²) in [6, 6.07) is 11.3. The first kappa shape index (κ1) is 18.2. The van der Waals surface area contributed by atoms with Crippen molar-refractivity contribution < 1.29 is 23.8 Å². The van der Waals surface area contributed by atoms with Crippen molar-refractivity contribution in [3.8, 4) is 0 Å². The van der Waals surface area contributed by atoms with Crippen LogP contribution in [0.25, 0.3) is 0 Å². The minimum absolute atomic E-state index is 0.0666. The van der Waals surface area contributed by atoms with Crippen LogP contribution in [0.15, 0.2) is 40.8 Å². The first-order chi connectivity index (χ1) is 12.6. The summed E-state index contributed by atoms with van der Waals surface area (Å²) in [5.74, 6) is -0.892. The number of carbonyl (C=O) groups is 2. The molecule has 0 atom stereocenters. The number of aryl methyl sites for hydroxylation is 1. The molecule has 1 aromatic carbocycles. The predicted molar refractivity (Wildman–Crippen MR) is 95.2 cm³/mol. The number of piperidine rings is 1. The number of carboxylic acids is 1. The monoisotopic (exact) mass is 357 g/mol. The van der Waals surface area contributed by atoms with E-state index in [-0.39, 0.29) is 23.3 Å². The van der Waals surface area contributed by atoms with Crippen LogP contribution in [0.3, 0.4) is 0 Å².